The Labute approximate surface area is 376 Å². The van der Waals surface area contributed by atoms with Gasteiger partial charge in [0.2, 0.25) is 0 Å². The number of aliphatic hydroxyl groups is 7. The average molecular weight is 913 g/mol. The number of hydrogen-bond donors (Lipinski definition) is 7. The fraction of sp³-hybridized carbons (Fsp3) is 0.979. The van der Waals surface area contributed by atoms with Gasteiger partial charge in [0.15, 0.2) is 30.8 Å². The lowest BCUT2D eigenvalue weighted by atomic mass is 9.43. The van der Waals surface area contributed by atoms with Crippen LogP contribution in [0.1, 0.15) is 113 Å². The second kappa shape index (κ2) is 17.4. The van der Waals surface area contributed by atoms with Crippen LogP contribution in [0.3, 0.4) is 0 Å². The molecule has 64 heavy (non-hydrogen) atoms. The first kappa shape index (κ1) is 47.9. The van der Waals surface area contributed by atoms with E-state index in [1.54, 1.807) is 0 Å². The van der Waals surface area contributed by atoms with Crippen LogP contribution in [0.5, 0.6) is 0 Å². The van der Waals surface area contributed by atoms with Gasteiger partial charge in [-0.25, -0.2) is 0 Å². The van der Waals surface area contributed by atoms with E-state index >= 15 is 0 Å². The molecule has 0 aromatic carbocycles. The van der Waals surface area contributed by atoms with E-state index in [2.05, 4.69) is 34.6 Å². The van der Waals surface area contributed by atoms with Gasteiger partial charge in [0.05, 0.1) is 43.2 Å². The molecule has 0 amide bonds. The summed E-state index contributed by atoms with van der Waals surface area (Å²) in [6.45, 7) is 16.4. The Morgan fingerprint density at radius 3 is 1.92 bits per heavy atom. The van der Waals surface area contributed by atoms with Crippen molar-refractivity contribution in [3.63, 3.8) is 0 Å². The minimum absolute atomic E-state index is 0.0453. The van der Waals surface area contributed by atoms with E-state index in [0.717, 1.165) is 51.6 Å². The lowest BCUT2D eigenvalue weighted by Gasteiger charge is -2.63. The SMILES string of the molecule is CC(=O)OC1COC(OC2CC(O)CC3CCC4C5CC6(C)OC7(CCC(C)CO7)C(C)C6C5(C)CCC4C32C)C(OC2OC(C)C(O)C(O)C2O)C1OC1OC(C)C(O)C(O)C1O. The van der Waals surface area contributed by atoms with Gasteiger partial charge >= 0.3 is 5.97 Å². The standard InChI is InChI=1S/C47H76O17/c1-20-11-14-47(57-18-20)21(2)40-44(6)13-12-28-27(29(44)17-45(40,7)64-47)10-9-25-15-26(49)16-31(46(25,28)8)61-43-39(63-42-37(55)35(53)33(51)23(4)59-42)38(30(19-56-43)60-24(5)48)62-41-36(54)34(52)32(50)22(3)58-41/h20-23,25-43,49-55H,9-19H2,1-8H3. The third kappa shape index (κ3) is 7.74. The van der Waals surface area contributed by atoms with E-state index in [9.17, 15) is 40.5 Å². The Bertz CT molecular complexity index is 1680. The number of aliphatic hydroxyl groups excluding tert-OH is 7. The van der Waals surface area contributed by atoms with Crippen molar-refractivity contribution in [2.45, 2.75) is 223 Å². The van der Waals surface area contributed by atoms with Crippen LogP contribution in [0, 0.1) is 52.3 Å². The smallest absolute Gasteiger partial charge is 0.303 e. The molecule has 366 valence electrons. The molecule has 27 unspecified atom stereocenters. The summed E-state index contributed by atoms with van der Waals surface area (Å²) < 4.78 is 57.8. The molecule has 0 bridgehead atoms. The van der Waals surface area contributed by atoms with E-state index in [-0.39, 0.29) is 35.4 Å². The quantitative estimate of drug-likeness (QED) is 0.181. The van der Waals surface area contributed by atoms with E-state index < -0.39 is 115 Å². The van der Waals surface area contributed by atoms with Crippen molar-refractivity contribution in [3.05, 3.63) is 0 Å². The van der Waals surface area contributed by atoms with Gasteiger partial charge in [-0.2, -0.15) is 0 Å². The number of esters is 1. The Balaban J connectivity index is 1.02. The molecule has 4 aliphatic carbocycles. The maximum absolute atomic E-state index is 12.6. The number of hydrogen-bond acceptors (Lipinski definition) is 17. The third-order valence-electron chi connectivity index (χ3n) is 18.5. The second-order valence-corrected chi connectivity index (χ2v) is 22.4. The van der Waals surface area contributed by atoms with Crippen molar-refractivity contribution in [2.24, 2.45) is 52.3 Å². The fourth-order valence-electron chi connectivity index (χ4n) is 15.3. The van der Waals surface area contributed by atoms with Crippen LogP contribution in [0.4, 0.5) is 0 Å². The molecular weight excluding hydrogens is 837 g/mol. The Morgan fingerprint density at radius 1 is 0.672 bits per heavy atom. The van der Waals surface area contributed by atoms with Crippen LogP contribution >= 0.6 is 0 Å². The zero-order chi connectivity index (χ0) is 46.0. The summed E-state index contributed by atoms with van der Waals surface area (Å²) in [7, 11) is 0. The van der Waals surface area contributed by atoms with Crippen molar-refractivity contribution in [2.75, 3.05) is 13.2 Å². The molecule has 17 nitrogen and oxygen atoms in total. The highest BCUT2D eigenvalue weighted by Gasteiger charge is 2.74. The first-order valence-corrected chi connectivity index (χ1v) is 24.3. The number of rotatable bonds is 7. The molecule has 9 fully saturated rings. The highest BCUT2D eigenvalue weighted by atomic mass is 16.8. The van der Waals surface area contributed by atoms with Crippen molar-refractivity contribution < 1.29 is 83.2 Å². The number of carbonyl (C=O) groups is 1. The number of fused-ring (bicyclic) bond motifs is 7. The van der Waals surface area contributed by atoms with E-state index in [1.807, 2.05) is 0 Å². The highest BCUT2D eigenvalue weighted by molar-refractivity contribution is 5.66. The molecular formula is C47H76O17. The van der Waals surface area contributed by atoms with Crippen LogP contribution < -0.4 is 0 Å². The van der Waals surface area contributed by atoms with Crippen LogP contribution in [0.15, 0.2) is 0 Å². The predicted molar refractivity (Wildman–Crippen MR) is 222 cm³/mol. The summed E-state index contributed by atoms with van der Waals surface area (Å²) in [6.07, 6.45) is -13.3. The molecule has 0 aromatic heterocycles. The summed E-state index contributed by atoms with van der Waals surface area (Å²) in [6, 6.07) is 0. The minimum atomic E-state index is -1.74. The molecule has 9 aliphatic rings. The highest BCUT2D eigenvalue weighted by Crippen LogP contribution is 2.74. The summed E-state index contributed by atoms with van der Waals surface area (Å²) in [5.74, 6) is 1.06. The summed E-state index contributed by atoms with van der Waals surface area (Å²) >= 11 is 0. The van der Waals surface area contributed by atoms with Crippen LogP contribution in [-0.2, 0) is 47.4 Å². The second-order valence-electron chi connectivity index (χ2n) is 22.4. The van der Waals surface area contributed by atoms with Gasteiger partial charge in [0, 0.05) is 31.6 Å². The molecule has 5 heterocycles. The number of ether oxygens (including phenoxy) is 9. The normalized spacial score (nSPS) is 58.5. The van der Waals surface area contributed by atoms with Crippen molar-refractivity contribution in [3.8, 4) is 0 Å². The zero-order valence-corrected chi connectivity index (χ0v) is 38.8. The lowest BCUT2D eigenvalue weighted by molar-refractivity contribution is -0.388. The molecule has 5 aliphatic heterocycles. The largest absolute Gasteiger partial charge is 0.457 e. The van der Waals surface area contributed by atoms with Gasteiger partial charge in [0.25, 0.3) is 0 Å². The first-order chi connectivity index (χ1) is 30.1. The van der Waals surface area contributed by atoms with Crippen molar-refractivity contribution in [1.82, 2.24) is 0 Å². The van der Waals surface area contributed by atoms with Crippen LogP contribution in [-0.4, -0.2) is 165 Å². The van der Waals surface area contributed by atoms with Gasteiger partial charge in [-0.15, -0.1) is 0 Å². The van der Waals surface area contributed by atoms with Crippen molar-refractivity contribution >= 4 is 5.97 Å². The molecule has 0 aromatic rings. The maximum atomic E-state index is 12.6. The molecule has 27 atom stereocenters. The zero-order valence-electron chi connectivity index (χ0n) is 38.8. The van der Waals surface area contributed by atoms with E-state index in [4.69, 9.17) is 42.6 Å². The topological polar surface area (TPSA) is 242 Å². The molecule has 9 rings (SSSR count). The van der Waals surface area contributed by atoms with E-state index in [0.29, 0.717) is 36.5 Å². The molecule has 5 saturated heterocycles. The van der Waals surface area contributed by atoms with Gasteiger partial charge in [-0.05, 0) is 106 Å². The molecule has 0 radical (unpaired) electrons. The fourth-order valence-corrected chi connectivity index (χ4v) is 15.3. The monoisotopic (exact) mass is 913 g/mol. The summed E-state index contributed by atoms with van der Waals surface area (Å²) in [4.78, 5) is 12.6. The average Bonchev–Trinajstić information content (AvgIpc) is 3.61. The molecule has 4 saturated carbocycles. The summed E-state index contributed by atoms with van der Waals surface area (Å²) in [5, 5.41) is 76.5. The lowest BCUT2D eigenvalue weighted by Crippen LogP contribution is -2.66. The Morgan fingerprint density at radius 2 is 1.31 bits per heavy atom. The van der Waals surface area contributed by atoms with Crippen LogP contribution in [0.25, 0.3) is 0 Å². The van der Waals surface area contributed by atoms with Crippen LogP contribution in [0.2, 0.25) is 0 Å². The molecule has 1 spiro atoms. The molecule has 17 heteroatoms. The summed E-state index contributed by atoms with van der Waals surface area (Å²) in [5.41, 5.74) is -0.694. The Hall–Kier alpha value is -1.13. The number of carbonyl (C=O) groups excluding carboxylic acids is 1. The van der Waals surface area contributed by atoms with Gasteiger partial charge in [0.1, 0.15) is 48.8 Å². The van der Waals surface area contributed by atoms with E-state index in [1.165, 1.54) is 20.8 Å². The Kier molecular flexibility index (Phi) is 13.0. The van der Waals surface area contributed by atoms with Gasteiger partial charge in [-0.3, -0.25) is 4.79 Å². The van der Waals surface area contributed by atoms with Crippen molar-refractivity contribution in [1.29, 1.82) is 0 Å². The first-order valence-electron chi connectivity index (χ1n) is 24.3. The maximum Gasteiger partial charge on any atom is 0.303 e. The third-order valence-corrected chi connectivity index (χ3v) is 18.5. The minimum Gasteiger partial charge on any atom is -0.457 e. The predicted octanol–water partition coefficient (Wildman–Crippen LogP) is 1.89. The van der Waals surface area contributed by atoms with Gasteiger partial charge in [-0.1, -0.05) is 27.7 Å². The molecule has 7 N–H and O–H groups in total. The van der Waals surface area contributed by atoms with Gasteiger partial charge < -0.3 is 78.4 Å².